The van der Waals surface area contributed by atoms with Crippen LogP contribution in [0.25, 0.3) is 0 Å². The van der Waals surface area contributed by atoms with E-state index in [1.165, 1.54) is 25.9 Å². The Morgan fingerprint density at radius 1 is 0.722 bits per heavy atom. The maximum atomic E-state index is 2.52. The molecular weight excluding hydrogens is 220 g/mol. The predicted molar refractivity (Wildman–Crippen MR) is 83.1 cm³/mol. The summed E-state index contributed by atoms with van der Waals surface area (Å²) in [6.07, 6.45) is 2.58. The molecule has 0 saturated heterocycles. The van der Waals surface area contributed by atoms with Crippen molar-refractivity contribution in [1.29, 1.82) is 0 Å². The fourth-order valence-corrected chi connectivity index (χ4v) is 1.83. The lowest BCUT2D eigenvalue weighted by molar-refractivity contribution is 0.188. The van der Waals surface area contributed by atoms with Gasteiger partial charge in [0.2, 0.25) is 0 Å². The average Bonchev–Trinajstić information content (AvgIpc) is 2.31. The molecule has 0 aromatic heterocycles. The van der Waals surface area contributed by atoms with Crippen molar-refractivity contribution in [3.8, 4) is 0 Å². The van der Waals surface area contributed by atoms with Crippen LogP contribution in [0, 0.1) is 11.8 Å². The standard InChI is InChI=1S/C16H36N2/c1-13(2)15(5)9-11-18(8)16(6)10-12-17(7)14(3)4/h13-16H,9-12H2,1-8H3. The molecule has 0 aliphatic heterocycles. The molecule has 0 amide bonds. The highest BCUT2D eigenvalue weighted by atomic mass is 15.1. The van der Waals surface area contributed by atoms with Gasteiger partial charge in [0.25, 0.3) is 0 Å². The molecule has 0 radical (unpaired) electrons. The Morgan fingerprint density at radius 3 is 1.67 bits per heavy atom. The highest BCUT2D eigenvalue weighted by molar-refractivity contribution is 4.68. The van der Waals surface area contributed by atoms with E-state index < -0.39 is 0 Å². The van der Waals surface area contributed by atoms with Gasteiger partial charge in [-0.3, -0.25) is 0 Å². The van der Waals surface area contributed by atoms with Crippen molar-refractivity contribution in [2.24, 2.45) is 11.8 Å². The summed E-state index contributed by atoms with van der Waals surface area (Å²) in [5.41, 5.74) is 0. The Hall–Kier alpha value is -0.0800. The molecule has 0 aromatic rings. The van der Waals surface area contributed by atoms with Gasteiger partial charge in [-0.15, -0.1) is 0 Å². The molecule has 2 unspecified atom stereocenters. The van der Waals surface area contributed by atoms with Gasteiger partial charge in [0.05, 0.1) is 0 Å². The van der Waals surface area contributed by atoms with Crippen LogP contribution in [0.5, 0.6) is 0 Å². The lowest BCUT2D eigenvalue weighted by atomic mass is 9.94. The monoisotopic (exact) mass is 256 g/mol. The SMILES string of the molecule is CC(C)C(C)CCN(C)C(C)CCN(C)C(C)C. The van der Waals surface area contributed by atoms with E-state index >= 15 is 0 Å². The third kappa shape index (κ3) is 7.38. The van der Waals surface area contributed by atoms with Gasteiger partial charge in [-0.1, -0.05) is 20.8 Å². The van der Waals surface area contributed by atoms with Crippen molar-refractivity contribution in [3.63, 3.8) is 0 Å². The van der Waals surface area contributed by atoms with E-state index in [2.05, 4.69) is 65.4 Å². The molecule has 0 N–H and O–H groups in total. The fourth-order valence-electron chi connectivity index (χ4n) is 1.83. The quantitative estimate of drug-likeness (QED) is 0.620. The van der Waals surface area contributed by atoms with Gasteiger partial charge in [-0.05, 0) is 72.6 Å². The molecule has 0 rings (SSSR count). The summed E-state index contributed by atoms with van der Waals surface area (Å²) in [5, 5.41) is 0. The molecule has 0 bridgehead atoms. The van der Waals surface area contributed by atoms with Gasteiger partial charge in [0, 0.05) is 12.1 Å². The van der Waals surface area contributed by atoms with Gasteiger partial charge < -0.3 is 9.80 Å². The molecule has 0 saturated carbocycles. The largest absolute Gasteiger partial charge is 0.304 e. The summed E-state index contributed by atoms with van der Waals surface area (Å²) in [6, 6.07) is 1.34. The van der Waals surface area contributed by atoms with Crippen LogP contribution in [0.2, 0.25) is 0 Å². The number of nitrogens with zero attached hydrogens (tertiary/aromatic N) is 2. The van der Waals surface area contributed by atoms with E-state index in [0.717, 1.165) is 11.8 Å². The summed E-state index contributed by atoms with van der Waals surface area (Å²) in [6.45, 7) is 16.3. The maximum Gasteiger partial charge on any atom is 0.00760 e. The summed E-state index contributed by atoms with van der Waals surface area (Å²) >= 11 is 0. The Balaban J connectivity index is 3.85. The molecule has 0 aliphatic carbocycles. The molecule has 0 heterocycles. The van der Waals surface area contributed by atoms with Crippen molar-refractivity contribution in [3.05, 3.63) is 0 Å². The Morgan fingerprint density at radius 2 is 1.22 bits per heavy atom. The van der Waals surface area contributed by atoms with E-state index in [0.29, 0.717) is 12.1 Å². The van der Waals surface area contributed by atoms with Crippen LogP contribution < -0.4 is 0 Å². The van der Waals surface area contributed by atoms with Crippen LogP contribution in [0.1, 0.15) is 54.4 Å². The smallest absolute Gasteiger partial charge is 0.00760 e. The Labute approximate surface area is 116 Å². The zero-order valence-corrected chi connectivity index (χ0v) is 14.0. The molecule has 0 aliphatic rings. The number of hydrogen-bond acceptors (Lipinski definition) is 2. The van der Waals surface area contributed by atoms with E-state index in [1.807, 2.05) is 0 Å². The molecule has 2 atom stereocenters. The van der Waals surface area contributed by atoms with Crippen molar-refractivity contribution in [2.45, 2.75) is 66.5 Å². The average molecular weight is 256 g/mol. The van der Waals surface area contributed by atoms with Crippen LogP contribution in [0.3, 0.4) is 0 Å². The highest BCUT2D eigenvalue weighted by Gasteiger charge is 2.13. The van der Waals surface area contributed by atoms with E-state index in [9.17, 15) is 0 Å². The minimum atomic E-state index is 0.656. The molecule has 0 fully saturated rings. The topological polar surface area (TPSA) is 6.48 Å². The zero-order valence-electron chi connectivity index (χ0n) is 14.0. The van der Waals surface area contributed by atoms with Gasteiger partial charge >= 0.3 is 0 Å². The van der Waals surface area contributed by atoms with Gasteiger partial charge in [-0.25, -0.2) is 0 Å². The molecule has 110 valence electrons. The van der Waals surface area contributed by atoms with Crippen LogP contribution in [0.4, 0.5) is 0 Å². The first-order valence-corrected chi connectivity index (χ1v) is 7.66. The second-order valence-electron chi connectivity index (χ2n) is 6.70. The molecule has 0 aromatic carbocycles. The molecule has 2 nitrogen and oxygen atoms in total. The molecule has 18 heavy (non-hydrogen) atoms. The molecule has 2 heteroatoms. The summed E-state index contributed by atoms with van der Waals surface area (Å²) in [4.78, 5) is 4.95. The second-order valence-corrected chi connectivity index (χ2v) is 6.70. The van der Waals surface area contributed by atoms with Crippen molar-refractivity contribution in [1.82, 2.24) is 9.80 Å². The fraction of sp³-hybridized carbons (Fsp3) is 1.00. The summed E-state index contributed by atoms with van der Waals surface area (Å²) < 4.78 is 0. The van der Waals surface area contributed by atoms with Crippen molar-refractivity contribution < 1.29 is 0 Å². The van der Waals surface area contributed by atoms with E-state index in [4.69, 9.17) is 0 Å². The number of hydrogen-bond donors (Lipinski definition) is 0. The van der Waals surface area contributed by atoms with Crippen LogP contribution in [0.15, 0.2) is 0 Å². The van der Waals surface area contributed by atoms with Crippen molar-refractivity contribution >= 4 is 0 Å². The molecule has 0 spiro atoms. The van der Waals surface area contributed by atoms with Crippen molar-refractivity contribution in [2.75, 3.05) is 27.2 Å². The zero-order chi connectivity index (χ0) is 14.3. The van der Waals surface area contributed by atoms with Gasteiger partial charge in [-0.2, -0.15) is 0 Å². The van der Waals surface area contributed by atoms with Gasteiger partial charge in [0.15, 0.2) is 0 Å². The normalized spacial score (nSPS) is 16.0. The second kappa shape index (κ2) is 8.92. The maximum absolute atomic E-state index is 2.52. The predicted octanol–water partition coefficient (Wildman–Crippen LogP) is 3.72. The van der Waals surface area contributed by atoms with Crippen LogP contribution in [-0.4, -0.2) is 49.1 Å². The number of rotatable bonds is 9. The highest BCUT2D eigenvalue weighted by Crippen LogP contribution is 2.15. The minimum absolute atomic E-state index is 0.656. The van der Waals surface area contributed by atoms with E-state index in [-0.39, 0.29) is 0 Å². The van der Waals surface area contributed by atoms with Gasteiger partial charge in [0.1, 0.15) is 0 Å². The van der Waals surface area contributed by atoms with E-state index in [1.54, 1.807) is 0 Å². The first-order valence-electron chi connectivity index (χ1n) is 7.66. The Kier molecular flexibility index (Phi) is 8.89. The molecular formula is C16H36N2. The third-order valence-corrected chi connectivity index (χ3v) is 4.61. The Bertz CT molecular complexity index is 179. The minimum Gasteiger partial charge on any atom is -0.304 e. The third-order valence-electron chi connectivity index (χ3n) is 4.61. The lowest BCUT2D eigenvalue weighted by Gasteiger charge is -2.29. The first-order chi connectivity index (χ1) is 8.25. The lowest BCUT2D eigenvalue weighted by Crippen LogP contribution is -2.36. The van der Waals surface area contributed by atoms with Crippen LogP contribution >= 0.6 is 0 Å². The summed E-state index contributed by atoms with van der Waals surface area (Å²) in [7, 11) is 4.49. The van der Waals surface area contributed by atoms with Crippen LogP contribution in [-0.2, 0) is 0 Å². The first kappa shape index (κ1) is 17.9. The summed E-state index contributed by atoms with van der Waals surface area (Å²) in [5.74, 6) is 1.64.